The van der Waals surface area contributed by atoms with Gasteiger partial charge in [-0.15, -0.1) is 0 Å². The van der Waals surface area contributed by atoms with Crippen molar-refractivity contribution in [3.63, 3.8) is 0 Å². The van der Waals surface area contributed by atoms with E-state index in [-0.39, 0.29) is 18.0 Å². The molecule has 0 aliphatic heterocycles. The van der Waals surface area contributed by atoms with Gasteiger partial charge in [-0.05, 0) is 24.8 Å². The van der Waals surface area contributed by atoms with Crippen molar-refractivity contribution in [2.75, 3.05) is 6.54 Å². The van der Waals surface area contributed by atoms with Crippen LogP contribution in [0.1, 0.15) is 43.0 Å². The van der Waals surface area contributed by atoms with Crippen LogP contribution in [0.3, 0.4) is 0 Å². The molecule has 19 heavy (non-hydrogen) atoms. The van der Waals surface area contributed by atoms with Crippen molar-refractivity contribution in [3.8, 4) is 0 Å². The molecule has 1 heterocycles. The summed E-state index contributed by atoms with van der Waals surface area (Å²) in [7, 11) is 0. The number of pyridine rings is 1. The van der Waals surface area contributed by atoms with Crippen LogP contribution >= 0.6 is 0 Å². The normalized spacial score (nSPS) is 26.9. The predicted octanol–water partition coefficient (Wildman–Crippen LogP) is 1.05. The summed E-state index contributed by atoms with van der Waals surface area (Å²) in [5, 5.41) is 13.1. The maximum Gasteiger partial charge on any atom is 0.251 e. The maximum atomic E-state index is 11.9. The van der Waals surface area contributed by atoms with Crippen LogP contribution in [0.4, 0.5) is 0 Å². The van der Waals surface area contributed by atoms with Crippen LogP contribution in [-0.2, 0) is 0 Å². The fourth-order valence-corrected chi connectivity index (χ4v) is 2.73. The molecule has 0 bridgehead atoms. The molecule has 1 aromatic heterocycles. The van der Waals surface area contributed by atoms with Crippen LogP contribution in [0.15, 0.2) is 23.1 Å². The van der Waals surface area contributed by atoms with Gasteiger partial charge in [0.2, 0.25) is 5.56 Å². The lowest BCUT2D eigenvalue weighted by Gasteiger charge is -2.35. The number of amides is 1. The van der Waals surface area contributed by atoms with Gasteiger partial charge < -0.3 is 15.4 Å². The van der Waals surface area contributed by atoms with E-state index in [1.165, 1.54) is 12.3 Å². The third-order valence-electron chi connectivity index (χ3n) is 3.68. The first-order valence-electron chi connectivity index (χ1n) is 6.68. The van der Waals surface area contributed by atoms with Crippen molar-refractivity contribution < 1.29 is 9.90 Å². The molecular weight excluding hydrogens is 244 g/mol. The highest BCUT2D eigenvalue weighted by molar-refractivity contribution is 5.93. The zero-order chi connectivity index (χ0) is 13.9. The first-order valence-corrected chi connectivity index (χ1v) is 6.68. The standard InChI is InChI=1S/C14H20N2O3/c1-10-3-2-5-14(19,8-10)9-16-13(18)11-4-6-15-12(17)7-11/h4,6-7,10,19H,2-3,5,8-9H2,1H3,(H,15,17)(H,16,18). The number of rotatable bonds is 3. The summed E-state index contributed by atoms with van der Waals surface area (Å²) in [5.41, 5.74) is -0.803. The van der Waals surface area contributed by atoms with Gasteiger partial charge in [-0.2, -0.15) is 0 Å². The highest BCUT2D eigenvalue weighted by Gasteiger charge is 2.32. The SMILES string of the molecule is CC1CCCC(O)(CNC(=O)c2cc[nH]c(=O)c2)C1. The van der Waals surface area contributed by atoms with Gasteiger partial charge in [0.1, 0.15) is 0 Å². The van der Waals surface area contributed by atoms with Crippen LogP contribution in [0.5, 0.6) is 0 Å². The Kier molecular flexibility index (Phi) is 4.04. The lowest BCUT2D eigenvalue weighted by molar-refractivity contribution is -0.0109. The molecule has 1 aliphatic carbocycles. The summed E-state index contributed by atoms with van der Waals surface area (Å²) in [5.74, 6) is 0.160. The number of hydrogen-bond donors (Lipinski definition) is 3. The number of carbonyl (C=O) groups is 1. The zero-order valence-electron chi connectivity index (χ0n) is 11.1. The number of aromatic nitrogens is 1. The van der Waals surface area contributed by atoms with Crippen molar-refractivity contribution in [2.24, 2.45) is 5.92 Å². The van der Waals surface area contributed by atoms with Gasteiger partial charge in [-0.1, -0.05) is 19.8 Å². The van der Waals surface area contributed by atoms with Crippen LogP contribution in [0.2, 0.25) is 0 Å². The predicted molar refractivity (Wildman–Crippen MR) is 72.0 cm³/mol. The number of H-pyrrole nitrogens is 1. The topological polar surface area (TPSA) is 82.2 Å². The number of nitrogens with one attached hydrogen (secondary N) is 2. The second-order valence-electron chi connectivity index (χ2n) is 5.55. The fourth-order valence-electron chi connectivity index (χ4n) is 2.73. The van der Waals surface area contributed by atoms with Gasteiger partial charge in [-0.25, -0.2) is 0 Å². The molecule has 0 radical (unpaired) electrons. The van der Waals surface area contributed by atoms with Crippen molar-refractivity contribution in [1.82, 2.24) is 10.3 Å². The van der Waals surface area contributed by atoms with E-state index in [0.717, 1.165) is 12.8 Å². The van der Waals surface area contributed by atoms with Gasteiger partial charge in [0.15, 0.2) is 0 Å². The molecule has 1 aromatic rings. The molecule has 2 rings (SSSR count). The molecule has 1 amide bonds. The Bertz CT molecular complexity index is 511. The van der Waals surface area contributed by atoms with Crippen molar-refractivity contribution >= 4 is 5.91 Å². The molecule has 0 spiro atoms. The third kappa shape index (κ3) is 3.67. The summed E-state index contributed by atoms with van der Waals surface area (Å²) in [6.07, 6.45) is 4.98. The fraction of sp³-hybridized carbons (Fsp3) is 0.571. The lowest BCUT2D eigenvalue weighted by atomic mass is 9.79. The minimum Gasteiger partial charge on any atom is -0.388 e. The highest BCUT2D eigenvalue weighted by atomic mass is 16.3. The second kappa shape index (κ2) is 5.57. The third-order valence-corrected chi connectivity index (χ3v) is 3.68. The number of aliphatic hydroxyl groups is 1. The van der Waals surface area contributed by atoms with Gasteiger partial charge in [0.05, 0.1) is 5.60 Å². The number of hydrogen-bond acceptors (Lipinski definition) is 3. The van der Waals surface area contributed by atoms with Crippen LogP contribution < -0.4 is 10.9 Å². The van der Waals surface area contributed by atoms with E-state index < -0.39 is 5.60 Å². The van der Waals surface area contributed by atoms with Crippen LogP contribution in [-0.4, -0.2) is 28.1 Å². The maximum absolute atomic E-state index is 11.9. The summed E-state index contributed by atoms with van der Waals surface area (Å²) < 4.78 is 0. The van der Waals surface area contributed by atoms with E-state index in [4.69, 9.17) is 0 Å². The second-order valence-corrected chi connectivity index (χ2v) is 5.55. The molecule has 1 aliphatic rings. The average molecular weight is 264 g/mol. The average Bonchev–Trinajstić information content (AvgIpc) is 2.36. The summed E-state index contributed by atoms with van der Waals surface area (Å²) in [6.45, 7) is 2.35. The molecule has 104 valence electrons. The Labute approximate surface area is 112 Å². The minimum absolute atomic E-state index is 0.239. The van der Waals surface area contributed by atoms with Crippen molar-refractivity contribution in [2.45, 2.75) is 38.2 Å². The molecule has 3 N–H and O–H groups in total. The Balaban J connectivity index is 1.95. The van der Waals surface area contributed by atoms with Gasteiger partial charge in [0, 0.05) is 24.4 Å². The summed E-state index contributed by atoms with van der Waals surface area (Å²) in [6, 6.07) is 2.80. The molecule has 2 unspecified atom stereocenters. The molecule has 0 saturated heterocycles. The largest absolute Gasteiger partial charge is 0.388 e. The van der Waals surface area contributed by atoms with Gasteiger partial charge >= 0.3 is 0 Å². The van der Waals surface area contributed by atoms with Crippen LogP contribution in [0.25, 0.3) is 0 Å². The monoisotopic (exact) mass is 264 g/mol. The van der Waals surface area contributed by atoms with Gasteiger partial charge in [-0.3, -0.25) is 9.59 Å². The first kappa shape index (κ1) is 13.8. The van der Waals surface area contributed by atoms with Crippen LogP contribution in [0, 0.1) is 5.92 Å². The van der Waals surface area contributed by atoms with Gasteiger partial charge in [0.25, 0.3) is 5.91 Å². The smallest absolute Gasteiger partial charge is 0.251 e. The van der Waals surface area contributed by atoms with E-state index in [2.05, 4.69) is 17.2 Å². The molecular formula is C14H20N2O3. The molecule has 1 saturated carbocycles. The molecule has 1 fully saturated rings. The number of carbonyl (C=O) groups excluding carboxylic acids is 1. The molecule has 5 heteroatoms. The highest BCUT2D eigenvalue weighted by Crippen LogP contribution is 2.31. The van der Waals surface area contributed by atoms with E-state index in [0.29, 0.717) is 24.3 Å². The minimum atomic E-state index is -0.811. The van der Waals surface area contributed by atoms with E-state index in [9.17, 15) is 14.7 Å². The van der Waals surface area contributed by atoms with E-state index in [1.807, 2.05) is 0 Å². The quantitative estimate of drug-likeness (QED) is 0.763. The lowest BCUT2D eigenvalue weighted by Crippen LogP contribution is -2.45. The Hall–Kier alpha value is -1.62. The molecule has 5 nitrogen and oxygen atoms in total. The first-order chi connectivity index (χ1) is 8.98. The number of aromatic amines is 1. The Morgan fingerprint density at radius 2 is 2.42 bits per heavy atom. The molecule has 2 atom stereocenters. The summed E-state index contributed by atoms with van der Waals surface area (Å²) >= 11 is 0. The van der Waals surface area contributed by atoms with E-state index >= 15 is 0 Å². The Morgan fingerprint density at radius 1 is 1.63 bits per heavy atom. The molecule has 0 aromatic carbocycles. The van der Waals surface area contributed by atoms with Crippen molar-refractivity contribution in [3.05, 3.63) is 34.2 Å². The Morgan fingerprint density at radius 3 is 3.11 bits per heavy atom. The van der Waals surface area contributed by atoms with Crippen molar-refractivity contribution in [1.29, 1.82) is 0 Å². The summed E-state index contributed by atoms with van der Waals surface area (Å²) in [4.78, 5) is 25.5. The van der Waals surface area contributed by atoms with E-state index in [1.54, 1.807) is 6.07 Å². The zero-order valence-corrected chi connectivity index (χ0v) is 11.1.